The smallest absolute Gasteiger partial charge is 1.00 e. The molecule has 0 bridgehead atoms. The average molecular weight is 1240 g/mol. The van der Waals surface area contributed by atoms with E-state index < -0.39 is 7.15 Å². The number of aliphatic hydroxyl groups excluding tert-OH is 2. The summed E-state index contributed by atoms with van der Waals surface area (Å²) in [6.07, 6.45) is 13.3. The number of ether oxygens (including phenoxy) is 3. The van der Waals surface area contributed by atoms with Crippen molar-refractivity contribution in [3.8, 4) is 17.2 Å². The molecule has 0 amide bonds. The zero-order chi connectivity index (χ0) is 43.9. The molecule has 0 unspecified atom stereocenters. The van der Waals surface area contributed by atoms with Crippen molar-refractivity contribution >= 4 is 88.8 Å². The number of rotatable bonds is 14. The van der Waals surface area contributed by atoms with Gasteiger partial charge in [0.05, 0.1) is 21.7 Å². The van der Waals surface area contributed by atoms with Gasteiger partial charge in [-0.2, -0.15) is 0 Å². The van der Waals surface area contributed by atoms with E-state index in [9.17, 15) is 4.39 Å². The van der Waals surface area contributed by atoms with Crippen LogP contribution in [-0.4, -0.2) is 79.2 Å². The predicted molar refractivity (Wildman–Crippen MR) is 252 cm³/mol. The first-order valence-electron chi connectivity index (χ1n) is 19.8. The molecule has 0 aromatic heterocycles. The minimum atomic E-state index is -1.00. The fourth-order valence-electron chi connectivity index (χ4n) is 4.31. The van der Waals surface area contributed by atoms with Crippen LogP contribution in [0.1, 0.15) is 70.9 Å². The second kappa shape index (κ2) is 47.9. The molecule has 7 rings (SSSR count). The molecule has 4 aliphatic rings. The van der Waals surface area contributed by atoms with Gasteiger partial charge in [0.2, 0.25) is 0 Å². The summed E-state index contributed by atoms with van der Waals surface area (Å²) in [7, 11) is -1.00. The van der Waals surface area contributed by atoms with Crippen LogP contribution in [0.3, 0.4) is 0 Å². The number of hydrogen-bond donors (Lipinski definition) is 3. The SMILES string of the molecule is BrCC1CC1.BrCCc1ccc(OCC2CC2)cc1.BrP(Br)Br.C1CCOC1.O=CO[O-].OCCc1ccc(O)cc1.OCCc1ccc(OCC2CC2)cc1.[2H]CF.[H-].[K+].[K+]. The zero-order valence-corrected chi connectivity index (χ0v) is 50.0. The van der Waals surface area contributed by atoms with Gasteiger partial charge in [-0.1, -0.05) is 68.3 Å². The fraction of sp³-hybridized carbons (Fsp3) is 0.548. The maximum absolute atomic E-state index is 9.96. The number of aryl methyl sites for hydroxylation is 1. The Kier molecular flexibility index (Phi) is 51.5. The van der Waals surface area contributed by atoms with Gasteiger partial charge in [-0.15, -0.1) is 0 Å². The molecule has 0 spiro atoms. The number of alkyl halides is 3. The number of phenols is 1. The summed E-state index contributed by atoms with van der Waals surface area (Å²) in [5, 5.41) is 36.8. The maximum atomic E-state index is 9.96. The number of aliphatic hydroxyl groups is 2. The summed E-state index contributed by atoms with van der Waals surface area (Å²) in [6.45, 7) is 3.95. The van der Waals surface area contributed by atoms with E-state index in [2.05, 4.69) is 107 Å². The Balaban J connectivity index is -0.000000328. The van der Waals surface area contributed by atoms with Crippen molar-refractivity contribution in [3.05, 3.63) is 89.5 Å². The fourth-order valence-corrected chi connectivity index (χ4v) is 5.42. The largest absolute Gasteiger partial charge is 1.00 e. The number of aromatic hydroxyl groups is 1. The summed E-state index contributed by atoms with van der Waals surface area (Å²) in [4.78, 5) is 11.2. The molecular formula is C42H61Br5FK2O9P. The zero-order valence-electron chi connectivity index (χ0n) is 36.9. The quantitative estimate of drug-likeness (QED) is 0.0479. The van der Waals surface area contributed by atoms with E-state index >= 15 is 0 Å². The monoisotopic (exact) mass is 1230 g/mol. The second-order valence-corrected chi connectivity index (χ2v) is 29.9. The van der Waals surface area contributed by atoms with Gasteiger partial charge in [0.15, 0.2) is 0 Å². The number of halogens is 6. The number of hydrogen-bond acceptors (Lipinski definition) is 9. The van der Waals surface area contributed by atoms with Crippen molar-refractivity contribution in [3.63, 3.8) is 0 Å². The number of phenolic OH excluding ortho intramolecular Hbond substituents is 1. The molecule has 1 aliphatic heterocycles. The third-order valence-electron chi connectivity index (χ3n) is 8.11. The van der Waals surface area contributed by atoms with Gasteiger partial charge < -0.3 is 41.1 Å². The molecule has 3 aromatic carbocycles. The van der Waals surface area contributed by atoms with E-state index in [0.29, 0.717) is 6.42 Å². The molecule has 332 valence electrons. The number of benzene rings is 3. The van der Waals surface area contributed by atoms with Gasteiger partial charge in [-0.05, 0) is 188 Å². The van der Waals surface area contributed by atoms with Gasteiger partial charge in [-0.25, -0.2) is 0 Å². The standard InChI is InChI=1S/C12H15BrO.C12H16O2.C8H10O2.C4H7Br.C4H8O.CH3F.CH2O3.Br3P.2K.H/c2*13-8-7-10-3-5-12(6-4-10)14-9-11-1-2-11;9-6-5-7-1-3-8(10)4-2-7;5-3-4-1-2-4;1-2-4-5-3-1;1-2;2-1-4-3;1-4(2)3;;;/h3-6,11H,1-2,7-9H2;3-6,11,13H,1-2,7-9H2;1-4,9-10H,5-6H2;4H,1-3H2;1-4H2;1H3;1,3H;;;;/q;;;;;;;;2*+1;-1/p-1/i;;;;;1D;;;;;. The Bertz CT molecular complexity index is 1300. The summed E-state index contributed by atoms with van der Waals surface area (Å²) in [5.41, 5.74) is 3.56. The van der Waals surface area contributed by atoms with Crippen LogP contribution in [0.4, 0.5) is 4.39 Å². The third kappa shape index (κ3) is 45.6. The average Bonchev–Trinajstić information content (AvgIpc) is 4.16. The van der Waals surface area contributed by atoms with Crippen LogP contribution < -0.4 is 118 Å². The molecule has 1 heterocycles. The normalized spacial score (nSPS) is 14.1. The molecule has 0 radical (unpaired) electrons. The molecule has 1 saturated heterocycles. The van der Waals surface area contributed by atoms with Crippen molar-refractivity contribution in [2.75, 3.05) is 57.5 Å². The van der Waals surface area contributed by atoms with Gasteiger partial charge in [0.1, 0.15) is 21.3 Å². The topological polar surface area (TPSA) is 138 Å². The molecule has 60 heavy (non-hydrogen) atoms. The van der Waals surface area contributed by atoms with Crippen LogP contribution in [0.2, 0.25) is 0 Å². The first-order valence-corrected chi connectivity index (χ1v) is 28.7. The van der Waals surface area contributed by atoms with E-state index in [1.54, 1.807) is 24.3 Å². The first kappa shape index (κ1) is 64.5. The summed E-state index contributed by atoms with van der Waals surface area (Å²) in [5.74, 6) is 4.90. The van der Waals surface area contributed by atoms with Crippen molar-refractivity contribution in [1.29, 1.82) is 0 Å². The van der Waals surface area contributed by atoms with Crippen molar-refractivity contribution in [2.45, 2.75) is 70.6 Å². The second-order valence-electron chi connectivity index (χ2n) is 13.2. The number of carbonyl (C=O) groups is 1. The van der Waals surface area contributed by atoms with E-state index in [1.165, 1.54) is 62.3 Å². The maximum Gasteiger partial charge on any atom is 1.00 e. The molecule has 9 nitrogen and oxygen atoms in total. The molecule has 3 N–H and O–H groups in total. The Morgan fingerprint density at radius 2 is 1.08 bits per heavy atom. The van der Waals surface area contributed by atoms with Crippen molar-refractivity contribution < 1.29 is 154 Å². The molecule has 3 saturated carbocycles. The van der Waals surface area contributed by atoms with E-state index in [1.807, 2.05) is 24.3 Å². The molecule has 4 fully saturated rings. The Hall–Kier alpha value is 2.40. The molecular weight excluding hydrogens is 1180 g/mol. The Morgan fingerprint density at radius 3 is 1.32 bits per heavy atom. The summed E-state index contributed by atoms with van der Waals surface area (Å²) in [6, 6.07) is 23.2. The molecule has 18 heteroatoms. The van der Waals surface area contributed by atoms with Crippen LogP contribution in [0.25, 0.3) is 0 Å². The Morgan fingerprint density at radius 1 is 0.750 bits per heavy atom. The summed E-state index contributed by atoms with van der Waals surface area (Å²) < 4.78 is 31.5. The van der Waals surface area contributed by atoms with Crippen LogP contribution in [-0.2, 0) is 33.7 Å². The van der Waals surface area contributed by atoms with E-state index in [0.717, 1.165) is 85.0 Å². The first-order chi connectivity index (χ1) is 28.6. The van der Waals surface area contributed by atoms with Crippen LogP contribution in [0.15, 0.2) is 72.8 Å². The molecule has 0 atom stereocenters. The minimum absolute atomic E-state index is 0. The third-order valence-corrected chi connectivity index (χ3v) is 9.43. The van der Waals surface area contributed by atoms with Crippen molar-refractivity contribution in [2.24, 2.45) is 17.8 Å². The molecule has 3 aromatic rings. The minimum Gasteiger partial charge on any atom is -1.00 e. The van der Waals surface area contributed by atoms with Gasteiger partial charge in [-0.3, -0.25) is 9.18 Å². The van der Waals surface area contributed by atoms with Crippen LogP contribution in [0.5, 0.6) is 17.2 Å². The number of carbonyl (C=O) groups excluding carboxylic acids is 1. The van der Waals surface area contributed by atoms with E-state index in [4.69, 9.17) is 41.0 Å². The van der Waals surface area contributed by atoms with Gasteiger partial charge in [0, 0.05) is 37.1 Å². The van der Waals surface area contributed by atoms with Crippen LogP contribution >= 0.6 is 82.4 Å². The van der Waals surface area contributed by atoms with Gasteiger partial charge in [0.25, 0.3) is 6.47 Å². The van der Waals surface area contributed by atoms with Gasteiger partial charge >= 0.3 is 103 Å². The predicted octanol–water partition coefficient (Wildman–Crippen LogP) is 5.48. The van der Waals surface area contributed by atoms with Crippen molar-refractivity contribution in [1.82, 2.24) is 0 Å². The van der Waals surface area contributed by atoms with Crippen LogP contribution in [0, 0.1) is 17.8 Å². The Labute approximate surface area is 488 Å². The molecule has 3 aliphatic carbocycles. The van der Waals surface area contributed by atoms with E-state index in [-0.39, 0.29) is 134 Å². The summed E-state index contributed by atoms with van der Waals surface area (Å²) >= 11 is 16.3.